The molecule has 2 nitrogen and oxygen atoms in total. The normalized spacial score (nSPS) is 12.2. The molecule has 20 heavy (non-hydrogen) atoms. The molecule has 0 aromatic heterocycles. The van der Waals surface area contributed by atoms with Gasteiger partial charge in [-0.2, -0.15) is 0 Å². The first-order valence-electron chi connectivity index (χ1n) is 6.94. The van der Waals surface area contributed by atoms with Crippen LogP contribution >= 0.6 is 0 Å². The van der Waals surface area contributed by atoms with Gasteiger partial charge < -0.3 is 10.5 Å². The number of rotatable bonds is 6. The molecule has 0 saturated carbocycles. The first kappa shape index (κ1) is 14.5. The van der Waals surface area contributed by atoms with E-state index < -0.39 is 6.10 Å². The minimum atomic E-state index is -0.465. The molecular formula is C17H20FNO. The quantitative estimate of drug-likeness (QED) is 0.867. The topological polar surface area (TPSA) is 35.2 Å². The summed E-state index contributed by atoms with van der Waals surface area (Å²) in [4.78, 5) is 0. The van der Waals surface area contributed by atoms with Gasteiger partial charge >= 0.3 is 0 Å². The lowest BCUT2D eigenvalue weighted by atomic mass is 10.1. The average Bonchev–Trinajstić information content (AvgIpc) is 2.48. The van der Waals surface area contributed by atoms with E-state index in [1.165, 1.54) is 11.6 Å². The minimum absolute atomic E-state index is 0.234. The lowest BCUT2D eigenvalue weighted by Gasteiger charge is -2.18. The molecule has 1 atom stereocenters. The number of benzene rings is 2. The lowest BCUT2D eigenvalue weighted by molar-refractivity contribution is 0.209. The molecule has 2 aromatic carbocycles. The predicted molar refractivity (Wildman–Crippen MR) is 79.3 cm³/mol. The number of hydrogen-bond donors (Lipinski definition) is 1. The number of hydrogen-bond acceptors (Lipinski definition) is 2. The van der Waals surface area contributed by atoms with Crippen LogP contribution in [0.3, 0.4) is 0 Å². The summed E-state index contributed by atoms with van der Waals surface area (Å²) >= 11 is 0. The lowest BCUT2D eigenvalue weighted by Crippen LogP contribution is -2.19. The Balaban J connectivity index is 2.12. The Morgan fingerprint density at radius 3 is 2.40 bits per heavy atom. The second kappa shape index (κ2) is 7.06. The summed E-state index contributed by atoms with van der Waals surface area (Å²) in [7, 11) is 0. The van der Waals surface area contributed by atoms with Crippen LogP contribution in [0.15, 0.2) is 48.5 Å². The molecule has 1 unspecified atom stereocenters. The van der Waals surface area contributed by atoms with E-state index in [1.807, 2.05) is 24.3 Å². The van der Waals surface area contributed by atoms with E-state index in [0.717, 1.165) is 12.8 Å². The molecular weight excluding hydrogens is 253 g/mol. The van der Waals surface area contributed by atoms with Crippen LogP contribution in [0.1, 0.15) is 30.6 Å². The maximum absolute atomic E-state index is 13.8. The number of aryl methyl sites for hydroxylation is 1. The van der Waals surface area contributed by atoms with Crippen LogP contribution in [-0.4, -0.2) is 6.54 Å². The summed E-state index contributed by atoms with van der Waals surface area (Å²) in [6.07, 6.45) is 1.70. The first-order chi connectivity index (χ1) is 9.74. The van der Waals surface area contributed by atoms with Crippen molar-refractivity contribution < 1.29 is 9.13 Å². The summed E-state index contributed by atoms with van der Waals surface area (Å²) < 4.78 is 19.6. The fraction of sp³-hybridized carbons (Fsp3) is 0.294. The third-order valence-electron chi connectivity index (χ3n) is 3.21. The molecule has 106 valence electrons. The Kier molecular flexibility index (Phi) is 5.13. The summed E-state index contributed by atoms with van der Waals surface area (Å²) in [5.41, 5.74) is 7.47. The Morgan fingerprint density at radius 2 is 1.80 bits per heavy atom. The third-order valence-corrected chi connectivity index (χ3v) is 3.21. The van der Waals surface area contributed by atoms with Gasteiger partial charge in [0.1, 0.15) is 17.7 Å². The van der Waals surface area contributed by atoms with Crippen molar-refractivity contribution >= 4 is 0 Å². The van der Waals surface area contributed by atoms with E-state index in [-0.39, 0.29) is 12.4 Å². The minimum Gasteiger partial charge on any atom is -0.484 e. The van der Waals surface area contributed by atoms with E-state index in [2.05, 4.69) is 6.92 Å². The van der Waals surface area contributed by atoms with Gasteiger partial charge in [-0.25, -0.2) is 4.39 Å². The molecule has 0 aliphatic heterocycles. The molecule has 0 saturated heterocycles. The second-order valence-corrected chi connectivity index (χ2v) is 4.76. The van der Waals surface area contributed by atoms with E-state index in [0.29, 0.717) is 11.3 Å². The standard InChI is InChI=1S/C17H20FNO/c1-2-5-13-8-10-14(11-9-13)20-17(12-19)15-6-3-4-7-16(15)18/h3-4,6-11,17H,2,5,12,19H2,1H3. The van der Waals surface area contributed by atoms with Crippen molar-refractivity contribution in [1.82, 2.24) is 0 Å². The van der Waals surface area contributed by atoms with Crippen molar-refractivity contribution in [2.24, 2.45) is 5.73 Å². The largest absolute Gasteiger partial charge is 0.484 e. The Hall–Kier alpha value is -1.87. The average molecular weight is 273 g/mol. The molecule has 0 amide bonds. The van der Waals surface area contributed by atoms with E-state index in [1.54, 1.807) is 18.2 Å². The smallest absolute Gasteiger partial charge is 0.139 e. The number of nitrogens with two attached hydrogens (primary N) is 1. The summed E-state index contributed by atoms with van der Waals surface area (Å²) in [6.45, 7) is 2.38. The molecule has 2 N–H and O–H groups in total. The zero-order valence-electron chi connectivity index (χ0n) is 11.7. The van der Waals surface area contributed by atoms with Crippen LogP contribution in [0.25, 0.3) is 0 Å². The molecule has 3 heteroatoms. The van der Waals surface area contributed by atoms with Crippen LogP contribution < -0.4 is 10.5 Å². The van der Waals surface area contributed by atoms with E-state index >= 15 is 0 Å². The Bertz CT molecular complexity index is 539. The first-order valence-corrected chi connectivity index (χ1v) is 6.94. The number of halogens is 1. The van der Waals surface area contributed by atoms with Crippen LogP contribution in [0, 0.1) is 5.82 Å². The van der Waals surface area contributed by atoms with Crippen molar-refractivity contribution in [3.05, 3.63) is 65.5 Å². The van der Waals surface area contributed by atoms with Crippen LogP contribution in [0.4, 0.5) is 4.39 Å². The van der Waals surface area contributed by atoms with Gasteiger partial charge in [-0.05, 0) is 30.2 Å². The molecule has 0 aliphatic rings. The number of ether oxygens (including phenoxy) is 1. The van der Waals surface area contributed by atoms with Crippen LogP contribution in [0.5, 0.6) is 5.75 Å². The maximum atomic E-state index is 13.8. The third kappa shape index (κ3) is 3.58. The van der Waals surface area contributed by atoms with Crippen molar-refractivity contribution in [1.29, 1.82) is 0 Å². The zero-order valence-corrected chi connectivity index (χ0v) is 11.7. The SMILES string of the molecule is CCCc1ccc(OC(CN)c2ccccc2F)cc1. The van der Waals surface area contributed by atoms with Crippen LogP contribution in [0.2, 0.25) is 0 Å². The fourth-order valence-electron chi connectivity index (χ4n) is 2.16. The molecule has 0 aliphatic carbocycles. The predicted octanol–water partition coefficient (Wildman–Crippen LogP) is 3.86. The summed E-state index contributed by atoms with van der Waals surface area (Å²) in [5.74, 6) is 0.425. The highest BCUT2D eigenvalue weighted by molar-refractivity contribution is 5.29. The molecule has 0 radical (unpaired) electrons. The summed E-state index contributed by atoms with van der Waals surface area (Å²) in [6, 6.07) is 14.5. The highest BCUT2D eigenvalue weighted by atomic mass is 19.1. The van der Waals surface area contributed by atoms with Gasteiger partial charge in [0.25, 0.3) is 0 Å². The highest BCUT2D eigenvalue weighted by Crippen LogP contribution is 2.23. The van der Waals surface area contributed by atoms with Crippen molar-refractivity contribution in [2.75, 3.05) is 6.54 Å². The van der Waals surface area contributed by atoms with Gasteiger partial charge in [0, 0.05) is 12.1 Å². The van der Waals surface area contributed by atoms with E-state index in [4.69, 9.17) is 10.5 Å². The summed E-state index contributed by atoms with van der Waals surface area (Å²) in [5, 5.41) is 0. The van der Waals surface area contributed by atoms with Crippen molar-refractivity contribution in [3.63, 3.8) is 0 Å². The maximum Gasteiger partial charge on any atom is 0.139 e. The van der Waals surface area contributed by atoms with Gasteiger partial charge in [0.05, 0.1) is 0 Å². The van der Waals surface area contributed by atoms with E-state index in [9.17, 15) is 4.39 Å². The van der Waals surface area contributed by atoms with Crippen molar-refractivity contribution in [3.8, 4) is 5.75 Å². The van der Waals surface area contributed by atoms with Gasteiger partial charge in [-0.3, -0.25) is 0 Å². The molecule has 2 rings (SSSR count). The van der Waals surface area contributed by atoms with Gasteiger partial charge in [-0.1, -0.05) is 43.7 Å². The van der Waals surface area contributed by atoms with Crippen LogP contribution in [-0.2, 0) is 6.42 Å². The zero-order chi connectivity index (χ0) is 14.4. The highest BCUT2D eigenvalue weighted by Gasteiger charge is 2.15. The molecule has 2 aromatic rings. The monoisotopic (exact) mass is 273 g/mol. The molecule has 0 spiro atoms. The molecule has 0 bridgehead atoms. The second-order valence-electron chi connectivity index (χ2n) is 4.76. The molecule has 0 fully saturated rings. The van der Waals surface area contributed by atoms with Gasteiger partial charge in [0.15, 0.2) is 0 Å². The fourth-order valence-corrected chi connectivity index (χ4v) is 2.16. The van der Waals surface area contributed by atoms with Crippen molar-refractivity contribution in [2.45, 2.75) is 25.9 Å². The molecule has 0 heterocycles. The van der Waals surface area contributed by atoms with Gasteiger partial charge in [0.2, 0.25) is 0 Å². The Labute approximate surface area is 119 Å². The Morgan fingerprint density at radius 1 is 1.10 bits per heavy atom. The van der Waals surface area contributed by atoms with Gasteiger partial charge in [-0.15, -0.1) is 0 Å².